The minimum atomic E-state index is 0.179. The van der Waals surface area contributed by atoms with Crippen molar-refractivity contribution in [3.8, 4) is 0 Å². The molecule has 2 aliphatic carbocycles. The quantitative estimate of drug-likeness (QED) is 0.855. The maximum Gasteiger partial charge on any atom is 0.274 e. The third-order valence-corrected chi connectivity index (χ3v) is 7.13. The average Bonchev–Trinajstić information content (AvgIpc) is 3.17. The minimum absolute atomic E-state index is 0.179. The van der Waals surface area contributed by atoms with Crippen molar-refractivity contribution in [2.45, 2.75) is 69.7 Å². The highest BCUT2D eigenvalue weighted by atomic mass is 16.2. The van der Waals surface area contributed by atoms with Crippen LogP contribution in [0.2, 0.25) is 0 Å². The van der Waals surface area contributed by atoms with Gasteiger partial charge in [-0.05, 0) is 62.3 Å². The number of aromatic nitrogens is 2. The fourth-order valence-electron chi connectivity index (χ4n) is 5.81. The molecule has 3 atom stereocenters. The summed E-state index contributed by atoms with van der Waals surface area (Å²) in [6.45, 7) is 0.862. The molecular weight excluding hydrogens is 334 g/mol. The van der Waals surface area contributed by atoms with Gasteiger partial charge in [0.1, 0.15) is 0 Å². The number of amides is 1. The first-order chi connectivity index (χ1) is 13.3. The van der Waals surface area contributed by atoms with Crippen molar-refractivity contribution in [2.75, 3.05) is 6.54 Å². The molecule has 1 saturated carbocycles. The van der Waals surface area contributed by atoms with Crippen molar-refractivity contribution < 1.29 is 4.79 Å². The molecular formula is C23H29N3O. The molecule has 4 heteroatoms. The van der Waals surface area contributed by atoms with E-state index in [1.54, 1.807) is 0 Å². The molecule has 2 aromatic rings. The van der Waals surface area contributed by atoms with Gasteiger partial charge in [0.25, 0.3) is 5.91 Å². The van der Waals surface area contributed by atoms with Gasteiger partial charge >= 0.3 is 0 Å². The van der Waals surface area contributed by atoms with Gasteiger partial charge in [-0.25, -0.2) is 0 Å². The Morgan fingerprint density at radius 1 is 1.00 bits per heavy atom. The fourth-order valence-corrected chi connectivity index (χ4v) is 5.81. The molecule has 1 N–H and O–H groups in total. The largest absolute Gasteiger partial charge is 0.334 e. The van der Waals surface area contributed by atoms with Crippen LogP contribution in [0, 0.1) is 5.92 Å². The van der Waals surface area contributed by atoms with Crippen molar-refractivity contribution >= 4 is 5.91 Å². The lowest BCUT2D eigenvalue weighted by molar-refractivity contribution is 0.0313. The number of carbonyl (C=O) groups excluding carboxylic acids is 1. The van der Waals surface area contributed by atoms with E-state index in [1.807, 2.05) is 0 Å². The minimum Gasteiger partial charge on any atom is -0.334 e. The molecule has 0 unspecified atom stereocenters. The van der Waals surface area contributed by atoms with Crippen molar-refractivity contribution in [2.24, 2.45) is 5.92 Å². The van der Waals surface area contributed by atoms with Gasteiger partial charge in [0.15, 0.2) is 5.69 Å². The van der Waals surface area contributed by atoms with Crippen molar-refractivity contribution in [1.82, 2.24) is 15.1 Å². The second kappa shape index (κ2) is 7.14. The highest BCUT2D eigenvalue weighted by Gasteiger charge is 2.42. The number of aryl methyl sites for hydroxylation is 1. The lowest BCUT2D eigenvalue weighted by Gasteiger charge is -2.48. The normalized spacial score (nSPS) is 27.7. The van der Waals surface area contributed by atoms with Gasteiger partial charge < -0.3 is 4.90 Å². The Labute approximate surface area is 161 Å². The number of likely N-dealkylation sites (tertiary alicyclic amines) is 1. The third kappa shape index (κ3) is 2.99. The van der Waals surface area contributed by atoms with Crippen molar-refractivity contribution in [1.29, 1.82) is 0 Å². The second-order valence-electron chi connectivity index (χ2n) is 8.56. The van der Waals surface area contributed by atoms with Crippen LogP contribution in [0.15, 0.2) is 30.3 Å². The van der Waals surface area contributed by atoms with Gasteiger partial charge in [-0.2, -0.15) is 5.10 Å². The number of nitrogens with zero attached hydrogens (tertiary/aromatic N) is 2. The molecule has 1 amide bonds. The van der Waals surface area contributed by atoms with E-state index in [9.17, 15) is 4.79 Å². The molecule has 4 nitrogen and oxygen atoms in total. The Balaban J connectivity index is 1.42. The Hall–Kier alpha value is -2.10. The number of benzene rings is 1. The summed E-state index contributed by atoms with van der Waals surface area (Å²) in [7, 11) is 0. The molecule has 2 heterocycles. The summed E-state index contributed by atoms with van der Waals surface area (Å²) in [5.74, 6) is 1.36. The van der Waals surface area contributed by atoms with Crippen LogP contribution in [-0.2, 0) is 12.8 Å². The van der Waals surface area contributed by atoms with E-state index in [2.05, 4.69) is 45.4 Å². The molecule has 1 aliphatic heterocycles. The molecule has 0 bridgehead atoms. The van der Waals surface area contributed by atoms with Crippen LogP contribution in [0.1, 0.15) is 78.2 Å². The van der Waals surface area contributed by atoms with Gasteiger partial charge in [-0.3, -0.25) is 9.89 Å². The molecule has 1 saturated heterocycles. The molecule has 27 heavy (non-hydrogen) atoms. The predicted octanol–water partition coefficient (Wildman–Crippen LogP) is 4.48. The Bertz CT molecular complexity index is 812. The summed E-state index contributed by atoms with van der Waals surface area (Å²) in [5, 5.41) is 7.63. The molecule has 3 aliphatic rings. The summed E-state index contributed by atoms with van der Waals surface area (Å²) in [5.41, 5.74) is 4.57. The molecule has 0 radical (unpaired) electrons. The lowest BCUT2D eigenvalue weighted by atomic mass is 9.69. The second-order valence-corrected chi connectivity index (χ2v) is 8.56. The van der Waals surface area contributed by atoms with E-state index in [0.29, 0.717) is 23.6 Å². The molecule has 1 aromatic carbocycles. The summed E-state index contributed by atoms with van der Waals surface area (Å²) in [4.78, 5) is 15.7. The van der Waals surface area contributed by atoms with Gasteiger partial charge in [0.2, 0.25) is 0 Å². The number of rotatable bonds is 2. The summed E-state index contributed by atoms with van der Waals surface area (Å²) >= 11 is 0. The number of aromatic amines is 1. The van der Waals surface area contributed by atoms with E-state index in [4.69, 9.17) is 0 Å². The first kappa shape index (κ1) is 17.0. The number of H-pyrrole nitrogens is 1. The predicted molar refractivity (Wildman–Crippen MR) is 106 cm³/mol. The van der Waals surface area contributed by atoms with Crippen LogP contribution in [0.3, 0.4) is 0 Å². The van der Waals surface area contributed by atoms with E-state index in [1.165, 1.54) is 48.9 Å². The zero-order valence-electron chi connectivity index (χ0n) is 16.0. The maximum absolute atomic E-state index is 13.5. The van der Waals surface area contributed by atoms with Crippen LogP contribution in [0.4, 0.5) is 0 Å². The topological polar surface area (TPSA) is 49.0 Å². The van der Waals surface area contributed by atoms with Gasteiger partial charge in [0, 0.05) is 23.8 Å². The first-order valence-electron chi connectivity index (χ1n) is 10.7. The molecule has 2 fully saturated rings. The molecule has 1 aromatic heterocycles. The molecule has 142 valence electrons. The Morgan fingerprint density at radius 3 is 2.70 bits per heavy atom. The first-order valence-corrected chi connectivity index (χ1v) is 10.7. The fraction of sp³-hybridized carbons (Fsp3) is 0.565. The summed E-state index contributed by atoms with van der Waals surface area (Å²) in [6, 6.07) is 11.3. The standard InChI is InChI=1S/C23H29N3O/c27-23(22-19-11-4-6-12-20(19)24-25-22)26-15-14-17(16-8-2-1-3-9-16)18-10-5-7-13-21(18)26/h1-3,8-9,17-18,21H,4-7,10-15H2,(H,24,25)/t17-,18-,21-/m1/s1. The van der Waals surface area contributed by atoms with E-state index in [-0.39, 0.29) is 5.91 Å². The maximum atomic E-state index is 13.5. The highest BCUT2D eigenvalue weighted by molar-refractivity contribution is 5.94. The number of carbonyl (C=O) groups is 1. The van der Waals surface area contributed by atoms with E-state index < -0.39 is 0 Å². The van der Waals surface area contributed by atoms with Crippen LogP contribution >= 0.6 is 0 Å². The third-order valence-electron chi connectivity index (χ3n) is 7.13. The summed E-state index contributed by atoms with van der Waals surface area (Å²) < 4.78 is 0. The number of hydrogen-bond donors (Lipinski definition) is 1. The number of hydrogen-bond acceptors (Lipinski definition) is 2. The highest BCUT2D eigenvalue weighted by Crippen LogP contribution is 2.44. The van der Waals surface area contributed by atoms with Crippen molar-refractivity contribution in [3.63, 3.8) is 0 Å². The average molecular weight is 364 g/mol. The summed E-state index contributed by atoms with van der Waals surface area (Å²) in [6.07, 6.45) is 10.4. The smallest absolute Gasteiger partial charge is 0.274 e. The Kier molecular flexibility index (Phi) is 4.50. The van der Waals surface area contributed by atoms with Crippen LogP contribution in [0.25, 0.3) is 0 Å². The lowest BCUT2D eigenvalue weighted by Crippen LogP contribution is -2.52. The van der Waals surface area contributed by atoms with Crippen molar-refractivity contribution in [3.05, 3.63) is 52.8 Å². The Morgan fingerprint density at radius 2 is 1.81 bits per heavy atom. The SMILES string of the molecule is O=C(c1n[nH]c2c1CCCC2)N1CC[C@H](c2ccccc2)[C@H]2CCCC[C@H]21. The van der Waals surface area contributed by atoms with Crippen LogP contribution < -0.4 is 0 Å². The number of fused-ring (bicyclic) bond motifs is 2. The van der Waals surface area contributed by atoms with E-state index >= 15 is 0 Å². The molecule has 0 spiro atoms. The van der Waals surface area contributed by atoms with Crippen LogP contribution in [0.5, 0.6) is 0 Å². The van der Waals surface area contributed by atoms with Gasteiger partial charge in [-0.15, -0.1) is 0 Å². The van der Waals surface area contributed by atoms with Crippen LogP contribution in [-0.4, -0.2) is 33.6 Å². The van der Waals surface area contributed by atoms with Gasteiger partial charge in [-0.1, -0.05) is 43.2 Å². The zero-order valence-corrected chi connectivity index (χ0v) is 16.0. The van der Waals surface area contributed by atoms with Gasteiger partial charge in [0.05, 0.1) is 0 Å². The van der Waals surface area contributed by atoms with E-state index in [0.717, 1.165) is 32.2 Å². The number of nitrogens with one attached hydrogen (secondary N) is 1. The zero-order chi connectivity index (χ0) is 18.2. The molecule has 5 rings (SSSR count). The number of piperidine rings is 1. The monoisotopic (exact) mass is 363 g/mol.